The van der Waals surface area contributed by atoms with Crippen LogP contribution in [0.3, 0.4) is 0 Å². The van der Waals surface area contributed by atoms with E-state index in [0.717, 1.165) is 6.42 Å². The molecule has 0 bridgehead atoms. The smallest absolute Gasteiger partial charge is 0.0701 e. The molecule has 0 saturated heterocycles. The highest BCUT2D eigenvalue weighted by atomic mass is 35.5. The van der Waals surface area contributed by atoms with E-state index in [1.165, 1.54) is 0 Å². The van der Waals surface area contributed by atoms with Crippen LogP contribution in [0.1, 0.15) is 6.42 Å². The zero-order valence-corrected chi connectivity index (χ0v) is 6.54. The predicted octanol–water partition coefficient (Wildman–Crippen LogP) is 0.000700. The van der Waals surface area contributed by atoms with Gasteiger partial charge >= 0.3 is 0 Å². The Balaban J connectivity index is -0.000000180. The largest absolute Gasteiger partial charge is 0.305 e. The normalized spacial score (nSPS) is 7.33. The Kier molecular flexibility index (Phi) is 28.4. The van der Waals surface area contributed by atoms with Gasteiger partial charge in [-0.25, -0.2) is 11.8 Å². The van der Waals surface area contributed by atoms with Crippen molar-refractivity contribution in [3.8, 4) is 0 Å². The van der Waals surface area contributed by atoms with Gasteiger partial charge < -0.3 is 9.68 Å². The van der Waals surface area contributed by atoms with Gasteiger partial charge in [-0.15, -0.1) is 24.8 Å². The predicted molar refractivity (Wildman–Crippen MR) is 39.4 cm³/mol. The van der Waals surface area contributed by atoms with E-state index in [1.54, 1.807) is 0 Å². The minimum absolute atomic E-state index is 0. The zero-order chi connectivity index (χ0) is 5.54. The summed E-state index contributed by atoms with van der Waals surface area (Å²) in [6.45, 7) is 0.994. The van der Waals surface area contributed by atoms with Gasteiger partial charge in [-0.05, 0) is 6.42 Å². The van der Waals surface area contributed by atoms with Crippen molar-refractivity contribution in [1.82, 2.24) is 0 Å². The lowest BCUT2D eigenvalue weighted by atomic mass is 10.5. The summed E-state index contributed by atoms with van der Waals surface area (Å²) in [5.41, 5.74) is 0. The summed E-state index contributed by atoms with van der Waals surface area (Å²) in [6.07, 6.45) is 0.743. The van der Waals surface area contributed by atoms with Crippen LogP contribution in [0.15, 0.2) is 0 Å². The van der Waals surface area contributed by atoms with Gasteiger partial charge in [-0.3, -0.25) is 0 Å². The van der Waals surface area contributed by atoms with Gasteiger partial charge in [-0.1, -0.05) is 0 Å². The Hall–Kier alpha value is 0.420. The van der Waals surface area contributed by atoms with Crippen LogP contribution in [0, 0.1) is 0 Å². The quantitative estimate of drug-likeness (QED) is 0.470. The van der Waals surface area contributed by atoms with E-state index >= 15 is 0 Å². The SMILES string of the molecule is Cl.Cl.NOCCCON. The van der Waals surface area contributed by atoms with Crippen LogP contribution >= 0.6 is 24.8 Å². The molecule has 0 aliphatic carbocycles. The van der Waals surface area contributed by atoms with Crippen LogP contribution in [0.25, 0.3) is 0 Å². The topological polar surface area (TPSA) is 70.5 Å². The minimum Gasteiger partial charge on any atom is -0.305 e. The molecule has 4 nitrogen and oxygen atoms in total. The molecule has 0 aromatic carbocycles. The molecule has 0 radical (unpaired) electrons. The van der Waals surface area contributed by atoms with E-state index in [-0.39, 0.29) is 24.8 Å². The molecule has 0 aromatic heterocycles. The molecule has 0 aliphatic rings. The molecule has 6 heteroatoms. The molecule has 60 valence electrons. The van der Waals surface area contributed by atoms with Crippen molar-refractivity contribution in [2.75, 3.05) is 13.2 Å². The summed E-state index contributed by atoms with van der Waals surface area (Å²) in [4.78, 5) is 8.42. The fraction of sp³-hybridized carbons (Fsp3) is 1.00. The van der Waals surface area contributed by atoms with Crippen molar-refractivity contribution in [2.24, 2.45) is 11.8 Å². The molecule has 0 unspecified atom stereocenters. The van der Waals surface area contributed by atoms with Crippen LogP contribution in [-0.2, 0) is 9.68 Å². The van der Waals surface area contributed by atoms with Crippen molar-refractivity contribution in [1.29, 1.82) is 0 Å². The molecule has 9 heavy (non-hydrogen) atoms. The van der Waals surface area contributed by atoms with Crippen molar-refractivity contribution >= 4 is 24.8 Å². The number of hydrogen-bond donors (Lipinski definition) is 2. The number of halogens is 2. The Morgan fingerprint density at radius 3 is 1.44 bits per heavy atom. The third-order valence-electron chi connectivity index (χ3n) is 0.524. The second-order valence-corrected chi connectivity index (χ2v) is 1.10. The second kappa shape index (κ2) is 15.8. The van der Waals surface area contributed by atoms with Crippen molar-refractivity contribution in [3.05, 3.63) is 0 Å². The molecule has 0 saturated carbocycles. The van der Waals surface area contributed by atoms with Crippen LogP contribution < -0.4 is 11.8 Å². The maximum atomic E-state index is 4.67. The van der Waals surface area contributed by atoms with E-state index in [4.69, 9.17) is 0 Å². The first-order chi connectivity index (χ1) is 3.41. The molecule has 0 aromatic rings. The van der Waals surface area contributed by atoms with E-state index in [1.807, 2.05) is 0 Å². The minimum atomic E-state index is 0. The molecule has 0 heterocycles. The molecule has 0 amide bonds. The summed E-state index contributed by atoms with van der Waals surface area (Å²) < 4.78 is 0. The third-order valence-corrected chi connectivity index (χ3v) is 0.524. The molecule has 0 rings (SSSR count). The van der Waals surface area contributed by atoms with E-state index < -0.39 is 0 Å². The molecule has 0 fully saturated rings. The summed E-state index contributed by atoms with van der Waals surface area (Å²) in [6, 6.07) is 0. The maximum absolute atomic E-state index is 4.67. The summed E-state index contributed by atoms with van der Waals surface area (Å²) >= 11 is 0. The summed E-state index contributed by atoms with van der Waals surface area (Å²) in [5.74, 6) is 9.35. The van der Waals surface area contributed by atoms with Crippen LogP contribution in [-0.4, -0.2) is 13.2 Å². The number of nitrogens with two attached hydrogens (primary N) is 2. The maximum Gasteiger partial charge on any atom is 0.0701 e. The molecular weight excluding hydrogens is 167 g/mol. The standard InChI is InChI=1S/C3H10N2O2.2ClH/c4-6-2-1-3-7-5;;/h1-5H2;2*1H. The highest BCUT2D eigenvalue weighted by molar-refractivity contribution is 5.85. The summed E-state index contributed by atoms with van der Waals surface area (Å²) in [5, 5.41) is 0. The molecule has 0 aliphatic heterocycles. The van der Waals surface area contributed by atoms with E-state index in [0.29, 0.717) is 13.2 Å². The Bertz CT molecular complexity index is 37.0. The first-order valence-electron chi connectivity index (χ1n) is 2.05. The average Bonchev–Trinajstić information content (AvgIpc) is 1.69. The Morgan fingerprint density at radius 2 is 1.22 bits per heavy atom. The van der Waals surface area contributed by atoms with Crippen LogP contribution in [0.2, 0.25) is 0 Å². The average molecular weight is 179 g/mol. The Morgan fingerprint density at radius 1 is 0.889 bits per heavy atom. The first kappa shape index (κ1) is 16.2. The molecule has 4 N–H and O–H groups in total. The van der Waals surface area contributed by atoms with Gasteiger partial charge in [0.25, 0.3) is 0 Å². The third kappa shape index (κ3) is 17.8. The van der Waals surface area contributed by atoms with Crippen molar-refractivity contribution in [3.63, 3.8) is 0 Å². The second-order valence-electron chi connectivity index (χ2n) is 1.10. The van der Waals surface area contributed by atoms with Crippen molar-refractivity contribution < 1.29 is 9.68 Å². The van der Waals surface area contributed by atoms with Gasteiger partial charge in [0.2, 0.25) is 0 Å². The first-order valence-corrected chi connectivity index (χ1v) is 2.05. The highest BCUT2D eigenvalue weighted by Gasteiger charge is 1.80. The van der Waals surface area contributed by atoms with Crippen molar-refractivity contribution in [2.45, 2.75) is 6.42 Å². The fourth-order valence-electron chi connectivity index (χ4n) is 0.226. The lowest BCUT2D eigenvalue weighted by Gasteiger charge is -1.93. The number of hydrogen-bond acceptors (Lipinski definition) is 4. The lowest BCUT2D eigenvalue weighted by Crippen LogP contribution is -2.07. The van der Waals surface area contributed by atoms with Crippen LogP contribution in [0.5, 0.6) is 0 Å². The van der Waals surface area contributed by atoms with Gasteiger partial charge in [0, 0.05) is 0 Å². The van der Waals surface area contributed by atoms with E-state index in [9.17, 15) is 0 Å². The van der Waals surface area contributed by atoms with Gasteiger partial charge in [0.05, 0.1) is 13.2 Å². The van der Waals surface area contributed by atoms with Gasteiger partial charge in [-0.2, -0.15) is 0 Å². The molecule has 0 atom stereocenters. The molecular formula is C3H12Cl2N2O2. The highest BCUT2D eigenvalue weighted by Crippen LogP contribution is 1.74. The monoisotopic (exact) mass is 178 g/mol. The zero-order valence-electron chi connectivity index (χ0n) is 4.91. The van der Waals surface area contributed by atoms with Crippen LogP contribution in [0.4, 0.5) is 0 Å². The summed E-state index contributed by atoms with van der Waals surface area (Å²) in [7, 11) is 0. The number of rotatable bonds is 4. The lowest BCUT2D eigenvalue weighted by molar-refractivity contribution is 0.0840. The Labute approximate surface area is 66.6 Å². The molecule has 0 spiro atoms. The van der Waals surface area contributed by atoms with Gasteiger partial charge in [0.1, 0.15) is 0 Å². The van der Waals surface area contributed by atoms with Gasteiger partial charge in [0.15, 0.2) is 0 Å². The fourth-order valence-corrected chi connectivity index (χ4v) is 0.226. The van der Waals surface area contributed by atoms with E-state index in [2.05, 4.69) is 21.5 Å².